The van der Waals surface area contributed by atoms with Crippen LogP contribution in [0.25, 0.3) is 0 Å². The molecule has 1 aromatic rings. The summed E-state index contributed by atoms with van der Waals surface area (Å²) in [5.41, 5.74) is 0.0567. The summed E-state index contributed by atoms with van der Waals surface area (Å²) in [6.07, 6.45) is 3.40. The van der Waals surface area contributed by atoms with Crippen LogP contribution < -0.4 is 10.2 Å². The average Bonchev–Trinajstić information content (AvgIpc) is 2.47. The quantitative estimate of drug-likeness (QED) is 0.785. The van der Waals surface area contributed by atoms with Gasteiger partial charge in [0.15, 0.2) is 0 Å². The summed E-state index contributed by atoms with van der Waals surface area (Å²) in [5, 5.41) is 0. The fourth-order valence-corrected chi connectivity index (χ4v) is 2.30. The summed E-state index contributed by atoms with van der Waals surface area (Å²) < 4.78 is 18.1. The summed E-state index contributed by atoms with van der Waals surface area (Å²) in [6.45, 7) is 8.07. The molecule has 0 aromatic carbocycles. The van der Waals surface area contributed by atoms with Crippen molar-refractivity contribution in [2.75, 3.05) is 7.11 Å². The zero-order valence-corrected chi connectivity index (χ0v) is 12.9. The smallest absolute Gasteiger partial charge is 0.496 e. The molecule has 2 heterocycles. The Morgan fingerprint density at radius 2 is 1.72 bits per heavy atom. The minimum Gasteiger partial charge on any atom is -0.496 e. The topological polar surface area (TPSA) is 40.6 Å². The van der Waals surface area contributed by atoms with E-state index in [1.165, 1.54) is 0 Å². The molecule has 0 amide bonds. The zero-order valence-electron chi connectivity index (χ0n) is 11.3. The predicted octanol–water partition coefficient (Wildman–Crippen LogP) is 2.15. The second-order valence-electron chi connectivity index (χ2n) is 5.33. The van der Waals surface area contributed by atoms with Crippen LogP contribution >= 0.6 is 15.9 Å². The lowest BCUT2D eigenvalue weighted by molar-refractivity contribution is 0.00578. The van der Waals surface area contributed by atoms with Crippen LogP contribution in [0, 0.1) is 0 Å². The van der Waals surface area contributed by atoms with Gasteiger partial charge in [-0.25, -0.2) is 0 Å². The Hall–Kier alpha value is -0.585. The van der Waals surface area contributed by atoms with E-state index in [-0.39, 0.29) is 11.2 Å². The molecule has 0 N–H and O–H groups in total. The summed E-state index contributed by atoms with van der Waals surface area (Å²) in [4.78, 5) is 4.15. The molecule has 0 atom stereocenters. The second-order valence-corrected chi connectivity index (χ2v) is 6.19. The van der Waals surface area contributed by atoms with E-state index in [0.717, 1.165) is 9.94 Å². The van der Waals surface area contributed by atoms with E-state index >= 15 is 0 Å². The highest BCUT2D eigenvalue weighted by atomic mass is 79.9. The van der Waals surface area contributed by atoms with Crippen molar-refractivity contribution in [2.45, 2.75) is 38.9 Å². The van der Waals surface area contributed by atoms with Crippen molar-refractivity contribution in [1.29, 1.82) is 0 Å². The van der Waals surface area contributed by atoms with Crippen molar-refractivity contribution in [3.05, 3.63) is 16.9 Å². The number of nitrogens with zero attached hydrogens (tertiary/aromatic N) is 1. The first kappa shape index (κ1) is 13.8. The summed E-state index contributed by atoms with van der Waals surface area (Å²) in [7, 11) is 1.16. The van der Waals surface area contributed by atoms with Gasteiger partial charge in [-0.2, -0.15) is 0 Å². The lowest BCUT2D eigenvalue weighted by atomic mass is 9.79. The molecule has 0 radical (unpaired) electrons. The molecule has 0 bridgehead atoms. The number of hydrogen-bond donors (Lipinski definition) is 0. The monoisotopic (exact) mass is 313 g/mol. The molecule has 0 unspecified atom stereocenters. The fraction of sp³-hybridized carbons (Fsp3) is 0.583. The van der Waals surface area contributed by atoms with Crippen molar-refractivity contribution >= 4 is 28.5 Å². The van der Waals surface area contributed by atoms with Gasteiger partial charge in [0.05, 0.1) is 22.8 Å². The maximum atomic E-state index is 5.98. The molecule has 18 heavy (non-hydrogen) atoms. The van der Waals surface area contributed by atoms with Crippen molar-refractivity contribution in [1.82, 2.24) is 4.98 Å². The largest absolute Gasteiger partial charge is 0.500 e. The van der Waals surface area contributed by atoms with Crippen LogP contribution in [-0.4, -0.2) is 30.4 Å². The van der Waals surface area contributed by atoms with Gasteiger partial charge in [-0.15, -0.1) is 0 Å². The summed E-state index contributed by atoms with van der Waals surface area (Å²) in [5.74, 6) is 0.698. The van der Waals surface area contributed by atoms with Crippen LogP contribution in [0.4, 0.5) is 0 Å². The van der Waals surface area contributed by atoms with Gasteiger partial charge in [0.1, 0.15) is 5.75 Å². The molecule has 1 aliphatic heterocycles. The van der Waals surface area contributed by atoms with Crippen LogP contribution in [0.1, 0.15) is 27.7 Å². The van der Waals surface area contributed by atoms with Crippen molar-refractivity contribution in [3.63, 3.8) is 0 Å². The maximum Gasteiger partial charge on any atom is 0.500 e. The Balaban J connectivity index is 2.38. The molecule has 4 nitrogen and oxygen atoms in total. The molecule has 2 rings (SSSR count). The molecular formula is C12H17BBrNO3. The minimum atomic E-state index is -0.463. The normalized spacial score (nSPS) is 21.1. The van der Waals surface area contributed by atoms with Crippen LogP contribution in [0.15, 0.2) is 16.9 Å². The lowest BCUT2D eigenvalue weighted by Crippen LogP contribution is -2.41. The Morgan fingerprint density at radius 3 is 2.22 bits per heavy atom. The molecule has 0 aliphatic carbocycles. The van der Waals surface area contributed by atoms with E-state index in [1.807, 2.05) is 27.7 Å². The Kier molecular flexibility index (Phi) is 3.47. The molecule has 0 spiro atoms. The number of methoxy groups -OCH3 is 1. The molecule has 98 valence electrons. The molecule has 1 aromatic heterocycles. The van der Waals surface area contributed by atoms with Gasteiger partial charge in [-0.05, 0) is 43.6 Å². The number of pyridine rings is 1. The van der Waals surface area contributed by atoms with Crippen LogP contribution in [0.3, 0.4) is 0 Å². The molecule has 0 saturated carbocycles. The Bertz CT molecular complexity index is 449. The average molecular weight is 314 g/mol. The molecule has 6 heteroatoms. The third-order valence-corrected chi connectivity index (χ3v) is 4.16. The number of aromatic nitrogens is 1. The van der Waals surface area contributed by atoms with Crippen molar-refractivity contribution < 1.29 is 14.0 Å². The highest BCUT2D eigenvalue weighted by molar-refractivity contribution is 9.10. The van der Waals surface area contributed by atoms with E-state index < -0.39 is 7.12 Å². The van der Waals surface area contributed by atoms with Gasteiger partial charge >= 0.3 is 7.12 Å². The van der Waals surface area contributed by atoms with Crippen LogP contribution in [0.2, 0.25) is 0 Å². The maximum absolute atomic E-state index is 5.98. The molecule has 1 saturated heterocycles. The van der Waals surface area contributed by atoms with E-state index in [4.69, 9.17) is 14.0 Å². The number of rotatable bonds is 2. The SMILES string of the molecule is COc1c(Br)cncc1B1OC(C)(C)C(C)(C)O1. The zero-order chi connectivity index (χ0) is 13.6. The third-order valence-electron chi connectivity index (χ3n) is 3.59. The standard InChI is InChI=1S/C12H17BBrNO3/c1-11(2)12(3,4)18-13(17-11)8-6-15-7-9(14)10(8)16-5/h6-7H,1-5H3. The highest BCUT2D eigenvalue weighted by Gasteiger charge is 2.52. The first-order valence-electron chi connectivity index (χ1n) is 5.81. The first-order chi connectivity index (χ1) is 8.28. The van der Waals surface area contributed by atoms with E-state index in [1.54, 1.807) is 19.5 Å². The number of hydrogen-bond acceptors (Lipinski definition) is 4. The van der Waals surface area contributed by atoms with E-state index in [9.17, 15) is 0 Å². The highest BCUT2D eigenvalue weighted by Crippen LogP contribution is 2.37. The lowest BCUT2D eigenvalue weighted by Gasteiger charge is -2.32. The number of halogens is 1. The van der Waals surface area contributed by atoms with Gasteiger partial charge in [0.25, 0.3) is 0 Å². The van der Waals surface area contributed by atoms with Gasteiger partial charge in [0.2, 0.25) is 0 Å². The molecular weight excluding hydrogens is 297 g/mol. The third kappa shape index (κ3) is 2.17. The van der Waals surface area contributed by atoms with E-state index in [2.05, 4.69) is 20.9 Å². The summed E-state index contributed by atoms with van der Waals surface area (Å²) >= 11 is 3.41. The Labute approximate surface area is 116 Å². The minimum absolute atomic E-state index is 0.370. The van der Waals surface area contributed by atoms with E-state index in [0.29, 0.717) is 5.75 Å². The molecule has 1 aliphatic rings. The second kappa shape index (κ2) is 4.51. The van der Waals surface area contributed by atoms with Crippen LogP contribution in [-0.2, 0) is 9.31 Å². The Morgan fingerprint density at radius 1 is 1.17 bits per heavy atom. The molecule has 1 fully saturated rings. The van der Waals surface area contributed by atoms with Gasteiger partial charge in [-0.3, -0.25) is 4.98 Å². The van der Waals surface area contributed by atoms with Crippen LogP contribution in [0.5, 0.6) is 5.75 Å². The van der Waals surface area contributed by atoms with Gasteiger partial charge < -0.3 is 14.0 Å². The summed E-state index contributed by atoms with van der Waals surface area (Å²) in [6, 6.07) is 0. The van der Waals surface area contributed by atoms with Crippen molar-refractivity contribution in [3.8, 4) is 5.75 Å². The van der Waals surface area contributed by atoms with Gasteiger partial charge in [0, 0.05) is 17.9 Å². The van der Waals surface area contributed by atoms with Gasteiger partial charge in [-0.1, -0.05) is 0 Å². The number of ether oxygens (including phenoxy) is 1. The fourth-order valence-electron chi connectivity index (χ4n) is 1.79. The predicted molar refractivity (Wildman–Crippen MR) is 74.2 cm³/mol. The van der Waals surface area contributed by atoms with Crippen molar-refractivity contribution in [2.24, 2.45) is 0 Å². The first-order valence-corrected chi connectivity index (χ1v) is 6.61.